The van der Waals surface area contributed by atoms with Crippen LogP contribution in [-0.4, -0.2) is 98.7 Å². The molecule has 1 fully saturated rings. The van der Waals surface area contributed by atoms with Crippen LogP contribution in [0, 0.1) is 0 Å². The van der Waals surface area contributed by atoms with Crippen LogP contribution in [0.2, 0.25) is 0 Å². The van der Waals surface area contributed by atoms with Gasteiger partial charge in [-0.2, -0.15) is 0 Å². The SMILES string of the molecule is CCCCCC/C=C/CC/C=C/CC/C=C/C(O)C(COC1OC(CO)C(O)C(O)C1O)NC(=O)C(O)CCCCCCCCCCCC/C=C\C/C=C\CCCCCCCCCCC. The highest BCUT2D eigenvalue weighted by atomic mass is 16.7. The molecule has 1 heterocycles. The van der Waals surface area contributed by atoms with Gasteiger partial charge in [-0.1, -0.05) is 203 Å². The quantitative estimate of drug-likeness (QED) is 0.0232. The summed E-state index contributed by atoms with van der Waals surface area (Å²) in [5.41, 5.74) is 0. The van der Waals surface area contributed by atoms with E-state index in [9.17, 15) is 35.4 Å². The summed E-state index contributed by atoms with van der Waals surface area (Å²) in [7, 11) is 0. The Balaban J connectivity index is 2.30. The minimum atomic E-state index is -1.62. The first kappa shape index (κ1) is 60.9. The lowest BCUT2D eigenvalue weighted by molar-refractivity contribution is -0.302. The molecule has 1 aliphatic heterocycles. The van der Waals surface area contributed by atoms with Gasteiger partial charge in [0.25, 0.3) is 0 Å². The Morgan fingerprint density at radius 1 is 0.538 bits per heavy atom. The highest BCUT2D eigenvalue weighted by molar-refractivity contribution is 5.80. The fourth-order valence-electron chi connectivity index (χ4n) is 8.05. The molecule has 0 aromatic rings. The molecule has 0 aliphatic carbocycles. The highest BCUT2D eigenvalue weighted by Gasteiger charge is 2.44. The van der Waals surface area contributed by atoms with Gasteiger partial charge in [-0.3, -0.25) is 4.79 Å². The summed E-state index contributed by atoms with van der Waals surface area (Å²) >= 11 is 0. The Kier molecular flexibility index (Phi) is 41.5. The molecule has 0 aromatic heterocycles. The van der Waals surface area contributed by atoms with Crippen molar-refractivity contribution in [3.8, 4) is 0 Å². The Bertz CT molecular complexity index is 1220. The first-order valence-electron chi connectivity index (χ1n) is 26.6. The van der Waals surface area contributed by atoms with Crippen LogP contribution >= 0.6 is 0 Å². The molecule has 378 valence electrons. The average molecular weight is 918 g/mol. The van der Waals surface area contributed by atoms with Crippen molar-refractivity contribution < 1.29 is 44.9 Å². The number of nitrogens with one attached hydrogen (secondary N) is 1. The number of hydrogen-bond acceptors (Lipinski definition) is 9. The lowest BCUT2D eigenvalue weighted by Gasteiger charge is -2.40. The summed E-state index contributed by atoms with van der Waals surface area (Å²) in [4.78, 5) is 13.1. The van der Waals surface area contributed by atoms with E-state index in [0.717, 1.165) is 51.4 Å². The van der Waals surface area contributed by atoms with Gasteiger partial charge in [0, 0.05) is 0 Å². The second kappa shape index (κ2) is 44.4. The van der Waals surface area contributed by atoms with Gasteiger partial charge in [-0.05, 0) is 77.0 Å². The first-order valence-corrected chi connectivity index (χ1v) is 26.6. The van der Waals surface area contributed by atoms with E-state index in [1.54, 1.807) is 6.08 Å². The van der Waals surface area contributed by atoms with Crippen LogP contribution in [0.15, 0.2) is 60.8 Å². The summed E-state index contributed by atoms with van der Waals surface area (Å²) in [5.74, 6) is -0.635. The van der Waals surface area contributed by atoms with Crippen LogP contribution in [0.25, 0.3) is 0 Å². The van der Waals surface area contributed by atoms with E-state index in [1.165, 1.54) is 135 Å². The average Bonchev–Trinajstić information content (AvgIpc) is 3.31. The van der Waals surface area contributed by atoms with Crippen LogP contribution in [-0.2, 0) is 14.3 Å². The van der Waals surface area contributed by atoms with Crippen LogP contribution in [0.4, 0.5) is 0 Å². The third-order valence-corrected chi connectivity index (χ3v) is 12.4. The number of rotatable bonds is 44. The van der Waals surface area contributed by atoms with Crippen molar-refractivity contribution in [3.63, 3.8) is 0 Å². The Labute approximate surface area is 397 Å². The maximum atomic E-state index is 13.1. The topological polar surface area (TPSA) is 169 Å². The van der Waals surface area contributed by atoms with Crippen LogP contribution < -0.4 is 5.32 Å². The molecule has 10 nitrogen and oxygen atoms in total. The molecule has 10 heteroatoms. The predicted molar refractivity (Wildman–Crippen MR) is 268 cm³/mol. The summed E-state index contributed by atoms with van der Waals surface area (Å²) in [5, 5.41) is 64.8. The van der Waals surface area contributed by atoms with Crippen molar-refractivity contribution in [1.82, 2.24) is 5.32 Å². The fraction of sp³-hybridized carbons (Fsp3) is 0.800. The van der Waals surface area contributed by atoms with Gasteiger partial charge in [0.05, 0.1) is 25.4 Å². The Morgan fingerprint density at radius 2 is 0.954 bits per heavy atom. The maximum Gasteiger partial charge on any atom is 0.249 e. The second-order valence-corrected chi connectivity index (χ2v) is 18.4. The van der Waals surface area contributed by atoms with Crippen molar-refractivity contribution in [1.29, 1.82) is 0 Å². The molecular formula is C55H99NO9. The Hall–Kier alpha value is -2.15. The zero-order valence-corrected chi connectivity index (χ0v) is 41.3. The molecule has 1 amide bonds. The van der Waals surface area contributed by atoms with Gasteiger partial charge in [0.15, 0.2) is 6.29 Å². The van der Waals surface area contributed by atoms with Crippen LogP contribution in [0.5, 0.6) is 0 Å². The minimum Gasteiger partial charge on any atom is -0.394 e. The highest BCUT2D eigenvalue weighted by Crippen LogP contribution is 2.23. The van der Waals surface area contributed by atoms with Crippen LogP contribution in [0.3, 0.4) is 0 Å². The first-order chi connectivity index (χ1) is 31.8. The molecule has 0 saturated carbocycles. The van der Waals surface area contributed by atoms with Crippen molar-refractivity contribution in [2.24, 2.45) is 0 Å². The van der Waals surface area contributed by atoms with E-state index >= 15 is 0 Å². The van der Waals surface area contributed by atoms with Gasteiger partial charge < -0.3 is 45.4 Å². The van der Waals surface area contributed by atoms with Crippen LogP contribution in [0.1, 0.15) is 219 Å². The zero-order chi connectivity index (χ0) is 47.4. The van der Waals surface area contributed by atoms with Gasteiger partial charge >= 0.3 is 0 Å². The number of carbonyl (C=O) groups excluding carboxylic acids is 1. The van der Waals surface area contributed by atoms with Gasteiger partial charge in [0.1, 0.15) is 30.5 Å². The molecule has 0 bridgehead atoms. The largest absolute Gasteiger partial charge is 0.394 e. The summed E-state index contributed by atoms with van der Waals surface area (Å²) in [6, 6.07) is -1.01. The van der Waals surface area contributed by atoms with Crippen molar-refractivity contribution in [2.75, 3.05) is 13.2 Å². The number of carbonyl (C=O) groups is 1. The fourth-order valence-corrected chi connectivity index (χ4v) is 8.05. The summed E-state index contributed by atoms with van der Waals surface area (Å²) in [6.07, 6.45) is 48.9. The third-order valence-electron chi connectivity index (χ3n) is 12.4. The summed E-state index contributed by atoms with van der Waals surface area (Å²) < 4.78 is 11.1. The molecule has 8 unspecified atom stereocenters. The molecule has 0 spiro atoms. The lowest BCUT2D eigenvalue weighted by atomic mass is 9.99. The molecule has 65 heavy (non-hydrogen) atoms. The van der Waals surface area contributed by atoms with E-state index in [2.05, 4.69) is 67.8 Å². The van der Waals surface area contributed by atoms with Gasteiger partial charge in [-0.15, -0.1) is 0 Å². The Morgan fingerprint density at radius 3 is 1.45 bits per heavy atom. The zero-order valence-electron chi connectivity index (χ0n) is 41.3. The van der Waals surface area contributed by atoms with E-state index in [4.69, 9.17) is 9.47 Å². The number of aliphatic hydroxyl groups is 6. The molecule has 1 saturated heterocycles. The monoisotopic (exact) mass is 918 g/mol. The molecule has 8 atom stereocenters. The second-order valence-electron chi connectivity index (χ2n) is 18.4. The standard InChI is InChI=1S/C55H99NO9/c1-3-5-7-9-11-13-15-17-19-20-21-22-23-24-25-26-27-28-29-30-32-34-36-38-40-42-44-49(59)54(63)56-47(46-64-55-53(62)52(61)51(60)50(45-57)65-55)48(58)43-41-39-37-35-33-31-18-16-14-12-10-8-6-4-2/h14,16,21-22,24-25,33,35,41,43,47-53,55,57-62H,3-13,15,17-20,23,26-32,34,36-40,42,44-46H2,1-2H3,(H,56,63)/b16-14+,22-21-,25-24-,35-33+,43-41+. The number of ether oxygens (including phenoxy) is 2. The number of hydrogen-bond donors (Lipinski definition) is 7. The van der Waals surface area contributed by atoms with Gasteiger partial charge in [0.2, 0.25) is 5.91 Å². The molecular weight excluding hydrogens is 819 g/mol. The molecule has 7 N–H and O–H groups in total. The molecule has 0 aromatic carbocycles. The number of amides is 1. The smallest absolute Gasteiger partial charge is 0.249 e. The van der Waals surface area contributed by atoms with E-state index < -0.39 is 61.5 Å². The van der Waals surface area contributed by atoms with Crippen molar-refractivity contribution in [2.45, 2.75) is 268 Å². The third kappa shape index (κ3) is 33.9. The lowest BCUT2D eigenvalue weighted by Crippen LogP contribution is -2.60. The minimum absolute atomic E-state index is 0.295. The summed E-state index contributed by atoms with van der Waals surface area (Å²) in [6.45, 7) is 3.56. The van der Waals surface area contributed by atoms with Crippen molar-refractivity contribution in [3.05, 3.63) is 60.8 Å². The molecule has 1 aliphatic rings. The van der Waals surface area contributed by atoms with E-state index in [0.29, 0.717) is 19.3 Å². The van der Waals surface area contributed by atoms with Gasteiger partial charge in [-0.25, -0.2) is 0 Å². The maximum absolute atomic E-state index is 13.1. The van der Waals surface area contributed by atoms with E-state index in [-0.39, 0.29) is 6.61 Å². The number of allylic oxidation sites excluding steroid dienone is 9. The van der Waals surface area contributed by atoms with E-state index in [1.807, 2.05) is 6.08 Å². The molecule has 0 radical (unpaired) electrons. The molecule has 1 rings (SSSR count). The normalized spacial score (nSPS) is 20.9. The van der Waals surface area contributed by atoms with Crippen molar-refractivity contribution >= 4 is 5.91 Å². The number of aliphatic hydroxyl groups excluding tert-OH is 6. The predicted octanol–water partition coefficient (Wildman–Crippen LogP) is 11.3. The number of unbranched alkanes of at least 4 members (excludes halogenated alkanes) is 25.